The predicted octanol–water partition coefficient (Wildman–Crippen LogP) is 2.74. The smallest absolute Gasteiger partial charge is 0.229 e. The lowest BCUT2D eigenvalue weighted by Crippen LogP contribution is -2.34. The number of anilines is 3. The number of nitrogens with one attached hydrogen (secondary N) is 1. The van der Waals surface area contributed by atoms with Gasteiger partial charge >= 0.3 is 0 Å². The third-order valence-corrected chi connectivity index (χ3v) is 5.15. The highest BCUT2D eigenvalue weighted by atomic mass is 35.5. The molecule has 4 rings (SSSR count). The molecule has 8 nitrogen and oxygen atoms in total. The maximum Gasteiger partial charge on any atom is 0.229 e. The molecule has 9 heteroatoms. The summed E-state index contributed by atoms with van der Waals surface area (Å²) in [5, 5.41) is 23.7. The van der Waals surface area contributed by atoms with Crippen LogP contribution in [0, 0.1) is 0 Å². The van der Waals surface area contributed by atoms with Crippen molar-refractivity contribution in [2.45, 2.75) is 38.5 Å². The molecule has 0 radical (unpaired) electrons. The van der Waals surface area contributed by atoms with Gasteiger partial charge in [0.1, 0.15) is 0 Å². The van der Waals surface area contributed by atoms with Crippen LogP contribution in [-0.4, -0.2) is 55.0 Å². The Kier molecular flexibility index (Phi) is 5.09. The van der Waals surface area contributed by atoms with Crippen molar-refractivity contribution in [3.05, 3.63) is 35.6 Å². The largest absolute Gasteiger partial charge is 0.394 e. The minimum Gasteiger partial charge on any atom is -0.394 e. The fourth-order valence-electron chi connectivity index (χ4n) is 3.51. The third-order valence-electron chi connectivity index (χ3n) is 4.91. The molecule has 0 spiro atoms. The van der Waals surface area contributed by atoms with E-state index in [9.17, 15) is 10.2 Å². The topological polar surface area (TPSA) is 99.3 Å². The van der Waals surface area contributed by atoms with Gasteiger partial charge in [-0.1, -0.05) is 17.7 Å². The average Bonchev–Trinajstić information content (AvgIpc) is 3.25. The number of fused-ring (bicyclic) bond motifs is 1. The normalized spacial score (nSPS) is 19.7. The van der Waals surface area contributed by atoms with Crippen molar-refractivity contribution in [2.75, 3.05) is 23.4 Å². The van der Waals surface area contributed by atoms with Crippen LogP contribution in [-0.2, 0) is 0 Å². The molecule has 0 saturated carbocycles. The van der Waals surface area contributed by atoms with Gasteiger partial charge < -0.3 is 25.0 Å². The van der Waals surface area contributed by atoms with Gasteiger partial charge in [0, 0.05) is 23.3 Å². The highest BCUT2D eigenvalue weighted by Crippen LogP contribution is 2.30. The Morgan fingerprint density at radius 2 is 2.14 bits per heavy atom. The van der Waals surface area contributed by atoms with E-state index in [-0.39, 0.29) is 18.7 Å². The van der Waals surface area contributed by atoms with E-state index in [1.165, 1.54) is 0 Å². The molecule has 1 fully saturated rings. The Balaban J connectivity index is 1.83. The van der Waals surface area contributed by atoms with E-state index < -0.39 is 6.10 Å². The van der Waals surface area contributed by atoms with Crippen molar-refractivity contribution in [3.63, 3.8) is 0 Å². The standard InChI is InChI=1S/C19H23ClN6O2/c1-11(2)26-10-21-16-17(22-13-5-3-4-12(20)6-13)23-19(24-18(16)26)25-8-15(28)7-14(25)9-27/h3-6,10-11,14-15,27-28H,7-9H2,1-2H3,(H,22,23,24). The second-order valence-corrected chi connectivity index (χ2v) is 7.74. The fourth-order valence-corrected chi connectivity index (χ4v) is 3.70. The number of aromatic nitrogens is 4. The number of aliphatic hydroxyl groups excluding tert-OH is 2. The van der Waals surface area contributed by atoms with Crippen LogP contribution >= 0.6 is 11.6 Å². The van der Waals surface area contributed by atoms with Crippen molar-refractivity contribution >= 4 is 40.2 Å². The van der Waals surface area contributed by atoms with Crippen molar-refractivity contribution in [1.29, 1.82) is 0 Å². The Hall–Kier alpha value is -2.42. The van der Waals surface area contributed by atoms with Crippen molar-refractivity contribution in [1.82, 2.24) is 19.5 Å². The van der Waals surface area contributed by atoms with Gasteiger partial charge in [-0.3, -0.25) is 0 Å². The zero-order chi connectivity index (χ0) is 19.8. The van der Waals surface area contributed by atoms with Crippen molar-refractivity contribution in [2.24, 2.45) is 0 Å². The van der Waals surface area contributed by atoms with E-state index in [4.69, 9.17) is 16.6 Å². The highest BCUT2D eigenvalue weighted by molar-refractivity contribution is 6.30. The van der Waals surface area contributed by atoms with Crippen LogP contribution in [0.4, 0.5) is 17.5 Å². The van der Waals surface area contributed by atoms with Crippen LogP contribution in [0.25, 0.3) is 11.2 Å². The molecule has 1 saturated heterocycles. The SMILES string of the molecule is CC(C)n1cnc2c(Nc3cccc(Cl)c3)nc(N3CC(O)CC3CO)nc21. The fraction of sp³-hybridized carbons (Fsp3) is 0.421. The lowest BCUT2D eigenvalue weighted by molar-refractivity contribution is 0.184. The second-order valence-electron chi connectivity index (χ2n) is 7.30. The lowest BCUT2D eigenvalue weighted by atomic mass is 10.2. The maximum atomic E-state index is 10.1. The number of rotatable bonds is 5. The minimum atomic E-state index is -0.518. The van der Waals surface area contributed by atoms with Crippen molar-refractivity contribution < 1.29 is 10.2 Å². The molecule has 3 N–H and O–H groups in total. The van der Waals surface area contributed by atoms with Crippen LogP contribution in [0.3, 0.4) is 0 Å². The van der Waals surface area contributed by atoms with E-state index in [2.05, 4.69) is 29.1 Å². The Labute approximate surface area is 167 Å². The van der Waals surface area contributed by atoms with E-state index in [1.54, 1.807) is 12.4 Å². The first-order valence-corrected chi connectivity index (χ1v) is 9.66. The number of aliphatic hydroxyl groups is 2. The third kappa shape index (κ3) is 3.50. The number of hydrogen-bond donors (Lipinski definition) is 3. The first-order valence-electron chi connectivity index (χ1n) is 9.29. The molecule has 1 aliphatic rings. The van der Waals surface area contributed by atoms with Crippen LogP contribution in [0.15, 0.2) is 30.6 Å². The molecule has 3 heterocycles. The summed E-state index contributed by atoms with van der Waals surface area (Å²) >= 11 is 6.11. The zero-order valence-electron chi connectivity index (χ0n) is 15.7. The average molecular weight is 403 g/mol. The Bertz CT molecular complexity index is 992. The van der Waals surface area contributed by atoms with Gasteiger partial charge in [0.15, 0.2) is 17.0 Å². The number of halogens is 1. The molecule has 2 unspecified atom stereocenters. The Morgan fingerprint density at radius 3 is 2.86 bits per heavy atom. The number of nitrogens with zero attached hydrogens (tertiary/aromatic N) is 5. The molecule has 0 amide bonds. The number of benzene rings is 1. The second kappa shape index (κ2) is 7.54. The highest BCUT2D eigenvalue weighted by Gasteiger charge is 2.33. The summed E-state index contributed by atoms with van der Waals surface area (Å²) in [6, 6.07) is 7.32. The quantitative estimate of drug-likeness (QED) is 0.603. The minimum absolute atomic E-state index is 0.0705. The van der Waals surface area contributed by atoms with Crippen LogP contribution < -0.4 is 10.2 Å². The predicted molar refractivity (Wildman–Crippen MR) is 109 cm³/mol. The van der Waals surface area contributed by atoms with Crippen LogP contribution in [0.5, 0.6) is 0 Å². The first kappa shape index (κ1) is 18.9. The monoisotopic (exact) mass is 402 g/mol. The summed E-state index contributed by atoms with van der Waals surface area (Å²) in [5.41, 5.74) is 2.14. The molecule has 148 valence electrons. The zero-order valence-corrected chi connectivity index (χ0v) is 16.5. The van der Waals surface area contributed by atoms with Crippen LogP contribution in [0.1, 0.15) is 26.3 Å². The maximum absolute atomic E-state index is 10.1. The van der Waals surface area contributed by atoms with E-state index >= 15 is 0 Å². The lowest BCUT2D eigenvalue weighted by Gasteiger charge is -2.23. The number of β-amino-alcohol motifs (C(OH)–C–C–N with tert-alkyl or cyclic N) is 1. The molecule has 2 aromatic heterocycles. The summed E-state index contributed by atoms with van der Waals surface area (Å²) in [4.78, 5) is 15.8. The summed E-state index contributed by atoms with van der Waals surface area (Å²) in [6.45, 7) is 4.42. The number of hydrogen-bond acceptors (Lipinski definition) is 7. The molecule has 1 aromatic carbocycles. The summed E-state index contributed by atoms with van der Waals surface area (Å²) in [7, 11) is 0. The molecule has 0 bridgehead atoms. The summed E-state index contributed by atoms with van der Waals surface area (Å²) in [6.07, 6.45) is 1.72. The van der Waals surface area contributed by atoms with Gasteiger partial charge in [0.2, 0.25) is 5.95 Å². The molecule has 28 heavy (non-hydrogen) atoms. The molecular weight excluding hydrogens is 380 g/mol. The van der Waals surface area contributed by atoms with Gasteiger partial charge in [-0.15, -0.1) is 0 Å². The molecule has 0 aliphatic carbocycles. The molecule has 1 aliphatic heterocycles. The van der Waals surface area contributed by atoms with Crippen LogP contribution in [0.2, 0.25) is 5.02 Å². The van der Waals surface area contributed by atoms with E-state index in [0.29, 0.717) is 40.9 Å². The summed E-state index contributed by atoms with van der Waals surface area (Å²) in [5.74, 6) is 1.01. The van der Waals surface area contributed by atoms with Crippen molar-refractivity contribution in [3.8, 4) is 0 Å². The molecule has 3 aromatic rings. The van der Waals surface area contributed by atoms with E-state index in [0.717, 1.165) is 5.69 Å². The van der Waals surface area contributed by atoms with Gasteiger partial charge in [-0.25, -0.2) is 4.98 Å². The number of imidazole rings is 1. The molecular formula is C19H23ClN6O2. The van der Waals surface area contributed by atoms with Gasteiger partial charge in [-0.2, -0.15) is 9.97 Å². The van der Waals surface area contributed by atoms with E-state index in [1.807, 2.05) is 27.7 Å². The van der Waals surface area contributed by atoms with Gasteiger partial charge in [0.05, 0.1) is 25.1 Å². The molecule has 2 atom stereocenters. The summed E-state index contributed by atoms with van der Waals surface area (Å²) < 4.78 is 1.98. The Morgan fingerprint density at radius 1 is 1.32 bits per heavy atom. The van der Waals surface area contributed by atoms with Gasteiger partial charge in [-0.05, 0) is 38.5 Å². The van der Waals surface area contributed by atoms with Gasteiger partial charge in [0.25, 0.3) is 0 Å². The first-order chi connectivity index (χ1) is 13.5.